The molecule has 0 saturated heterocycles. The van der Waals surface area contributed by atoms with Gasteiger partial charge in [0.1, 0.15) is 6.61 Å². The SMILES string of the molecule is CCc1cccc2c(CC(=O)OCc3ccccc3)cn(C(=O)c3ccc(Cl)cc3)c12. The fourth-order valence-electron chi connectivity index (χ4n) is 3.69. The molecule has 0 atom stereocenters. The molecule has 0 amide bonds. The molecule has 4 nitrogen and oxygen atoms in total. The number of benzene rings is 3. The van der Waals surface area contributed by atoms with E-state index in [1.807, 2.05) is 55.5 Å². The van der Waals surface area contributed by atoms with Crippen LogP contribution >= 0.6 is 11.6 Å². The molecule has 0 aliphatic rings. The Labute approximate surface area is 186 Å². The quantitative estimate of drug-likeness (QED) is 0.361. The lowest BCUT2D eigenvalue weighted by atomic mass is 10.1. The average Bonchev–Trinajstić information content (AvgIpc) is 3.17. The summed E-state index contributed by atoms with van der Waals surface area (Å²) in [5.41, 5.74) is 4.11. The number of hydrogen-bond acceptors (Lipinski definition) is 3. The first-order valence-electron chi connectivity index (χ1n) is 10.2. The van der Waals surface area contributed by atoms with Crippen molar-refractivity contribution in [3.8, 4) is 0 Å². The van der Waals surface area contributed by atoms with Crippen molar-refractivity contribution in [2.24, 2.45) is 0 Å². The lowest BCUT2D eigenvalue weighted by Gasteiger charge is -2.08. The molecule has 5 heteroatoms. The number of esters is 1. The van der Waals surface area contributed by atoms with E-state index in [0.29, 0.717) is 10.6 Å². The van der Waals surface area contributed by atoms with Crippen molar-refractivity contribution in [1.82, 2.24) is 4.57 Å². The molecule has 0 fully saturated rings. The molecule has 0 unspecified atom stereocenters. The van der Waals surface area contributed by atoms with Crippen molar-refractivity contribution >= 4 is 34.4 Å². The number of para-hydroxylation sites is 1. The van der Waals surface area contributed by atoms with Crippen LogP contribution < -0.4 is 0 Å². The second kappa shape index (κ2) is 9.19. The van der Waals surface area contributed by atoms with Gasteiger partial charge in [-0.25, -0.2) is 0 Å². The predicted molar refractivity (Wildman–Crippen MR) is 122 cm³/mol. The van der Waals surface area contributed by atoms with E-state index in [-0.39, 0.29) is 24.9 Å². The molecule has 0 spiro atoms. The highest BCUT2D eigenvalue weighted by Crippen LogP contribution is 2.27. The lowest BCUT2D eigenvalue weighted by Crippen LogP contribution is -2.12. The number of rotatable bonds is 6. The molecule has 4 aromatic rings. The smallest absolute Gasteiger partial charge is 0.310 e. The second-order valence-corrected chi connectivity index (χ2v) is 7.76. The number of aryl methyl sites for hydroxylation is 1. The largest absolute Gasteiger partial charge is 0.461 e. The first-order chi connectivity index (χ1) is 15.1. The number of halogens is 1. The van der Waals surface area contributed by atoms with Crippen molar-refractivity contribution in [2.75, 3.05) is 0 Å². The summed E-state index contributed by atoms with van der Waals surface area (Å²) in [6.45, 7) is 2.27. The zero-order valence-electron chi connectivity index (χ0n) is 17.2. The second-order valence-electron chi connectivity index (χ2n) is 7.33. The van der Waals surface area contributed by atoms with Gasteiger partial charge in [0.15, 0.2) is 0 Å². The standard InChI is InChI=1S/C26H22ClNO3/c1-2-19-9-6-10-23-21(15-24(29)31-17-18-7-4-3-5-8-18)16-28(25(19)23)26(30)20-11-13-22(27)14-12-20/h3-14,16H,2,15,17H2,1H3. The van der Waals surface area contributed by atoms with Crippen LogP contribution in [0.5, 0.6) is 0 Å². The highest BCUT2D eigenvalue weighted by Gasteiger charge is 2.19. The van der Waals surface area contributed by atoms with Crippen molar-refractivity contribution in [1.29, 1.82) is 0 Å². The van der Waals surface area contributed by atoms with Gasteiger partial charge in [0.05, 0.1) is 11.9 Å². The van der Waals surface area contributed by atoms with E-state index in [4.69, 9.17) is 16.3 Å². The summed E-state index contributed by atoms with van der Waals surface area (Å²) in [6.07, 6.45) is 2.62. The number of carbonyl (C=O) groups is 2. The minimum Gasteiger partial charge on any atom is -0.461 e. The van der Waals surface area contributed by atoms with Crippen LogP contribution in [0.4, 0.5) is 0 Å². The Morgan fingerprint density at radius 1 is 0.903 bits per heavy atom. The zero-order chi connectivity index (χ0) is 21.8. The number of hydrogen-bond donors (Lipinski definition) is 0. The summed E-state index contributed by atoms with van der Waals surface area (Å²) in [5.74, 6) is -0.491. The Kier molecular flexibility index (Phi) is 6.19. The van der Waals surface area contributed by atoms with Gasteiger partial charge in [-0.2, -0.15) is 0 Å². The maximum atomic E-state index is 13.3. The summed E-state index contributed by atoms with van der Waals surface area (Å²) >= 11 is 5.97. The van der Waals surface area contributed by atoms with Crippen molar-refractivity contribution in [3.63, 3.8) is 0 Å². The van der Waals surface area contributed by atoms with Crippen LogP contribution in [0.3, 0.4) is 0 Å². The van der Waals surface area contributed by atoms with E-state index in [1.165, 1.54) is 0 Å². The van der Waals surface area contributed by atoms with Gasteiger partial charge in [0.2, 0.25) is 0 Å². The Hall–Kier alpha value is -3.37. The molecule has 0 aliphatic carbocycles. The Morgan fingerprint density at radius 3 is 2.35 bits per heavy atom. The van der Waals surface area contributed by atoms with Crippen LogP contribution in [-0.4, -0.2) is 16.4 Å². The number of nitrogens with zero attached hydrogens (tertiary/aromatic N) is 1. The van der Waals surface area contributed by atoms with Crippen molar-refractivity contribution < 1.29 is 14.3 Å². The molecule has 1 aromatic heterocycles. The Balaban J connectivity index is 1.65. The van der Waals surface area contributed by atoms with Gasteiger partial charge in [-0.1, -0.05) is 67.1 Å². The van der Waals surface area contributed by atoms with Crippen molar-refractivity contribution in [3.05, 3.63) is 106 Å². The molecular weight excluding hydrogens is 410 g/mol. The van der Waals surface area contributed by atoms with Gasteiger partial charge in [0, 0.05) is 22.2 Å². The summed E-state index contributed by atoms with van der Waals surface area (Å²) in [6, 6.07) is 22.3. The van der Waals surface area contributed by atoms with Gasteiger partial charge >= 0.3 is 5.97 Å². The monoisotopic (exact) mass is 431 g/mol. The van der Waals surface area contributed by atoms with Crippen LogP contribution in [0.2, 0.25) is 5.02 Å². The molecule has 0 radical (unpaired) electrons. The van der Waals surface area contributed by atoms with Gasteiger partial charge in [-0.3, -0.25) is 14.2 Å². The molecule has 0 N–H and O–H groups in total. The summed E-state index contributed by atoms with van der Waals surface area (Å²) in [7, 11) is 0. The average molecular weight is 432 g/mol. The number of aromatic nitrogens is 1. The molecule has 156 valence electrons. The Morgan fingerprint density at radius 2 is 1.65 bits per heavy atom. The molecule has 1 heterocycles. The number of ether oxygens (including phenoxy) is 1. The molecule has 0 bridgehead atoms. The third-order valence-electron chi connectivity index (χ3n) is 5.26. The molecule has 3 aromatic carbocycles. The third-order valence-corrected chi connectivity index (χ3v) is 5.51. The molecule has 0 aliphatic heterocycles. The molecule has 31 heavy (non-hydrogen) atoms. The van der Waals surface area contributed by atoms with Crippen LogP contribution in [0.25, 0.3) is 10.9 Å². The normalized spacial score (nSPS) is 10.9. The van der Waals surface area contributed by atoms with Crippen LogP contribution in [0.1, 0.15) is 34.0 Å². The van der Waals surface area contributed by atoms with E-state index < -0.39 is 0 Å². The van der Waals surface area contributed by atoms with Crippen LogP contribution in [0.15, 0.2) is 79.0 Å². The lowest BCUT2D eigenvalue weighted by molar-refractivity contribution is -0.144. The summed E-state index contributed by atoms with van der Waals surface area (Å²) in [4.78, 5) is 25.8. The van der Waals surface area contributed by atoms with Gasteiger partial charge in [0.25, 0.3) is 5.91 Å². The minimum absolute atomic E-state index is 0.0946. The van der Waals surface area contributed by atoms with Gasteiger partial charge in [-0.15, -0.1) is 0 Å². The highest BCUT2D eigenvalue weighted by atomic mass is 35.5. The number of fused-ring (bicyclic) bond motifs is 1. The van der Waals surface area contributed by atoms with E-state index >= 15 is 0 Å². The van der Waals surface area contributed by atoms with Crippen LogP contribution in [0, 0.1) is 0 Å². The minimum atomic E-state index is -0.330. The zero-order valence-corrected chi connectivity index (χ0v) is 17.9. The maximum absolute atomic E-state index is 13.3. The van der Waals surface area contributed by atoms with E-state index in [9.17, 15) is 9.59 Å². The predicted octanol–water partition coefficient (Wildman–Crippen LogP) is 5.83. The first-order valence-corrected chi connectivity index (χ1v) is 10.6. The van der Waals surface area contributed by atoms with E-state index in [2.05, 4.69) is 0 Å². The topological polar surface area (TPSA) is 48.3 Å². The van der Waals surface area contributed by atoms with Crippen LogP contribution in [-0.2, 0) is 29.0 Å². The molecular formula is C26H22ClNO3. The number of carbonyl (C=O) groups excluding carboxylic acids is 2. The third kappa shape index (κ3) is 4.54. The van der Waals surface area contributed by atoms with E-state index in [1.54, 1.807) is 35.0 Å². The molecule has 0 saturated carbocycles. The summed E-state index contributed by atoms with van der Waals surface area (Å²) in [5, 5.41) is 1.46. The van der Waals surface area contributed by atoms with E-state index in [0.717, 1.165) is 34.0 Å². The highest BCUT2D eigenvalue weighted by molar-refractivity contribution is 6.30. The molecule has 4 rings (SSSR count). The van der Waals surface area contributed by atoms with Gasteiger partial charge < -0.3 is 4.74 Å². The first kappa shape index (κ1) is 20.9. The maximum Gasteiger partial charge on any atom is 0.310 e. The van der Waals surface area contributed by atoms with Crippen molar-refractivity contribution in [2.45, 2.75) is 26.4 Å². The van der Waals surface area contributed by atoms with Gasteiger partial charge in [-0.05, 0) is 47.4 Å². The Bertz CT molecular complexity index is 1230. The fourth-order valence-corrected chi connectivity index (χ4v) is 3.81. The summed E-state index contributed by atoms with van der Waals surface area (Å²) < 4.78 is 7.09. The fraction of sp³-hybridized carbons (Fsp3) is 0.154.